The van der Waals surface area contributed by atoms with Crippen LogP contribution in [0.2, 0.25) is 0 Å². The van der Waals surface area contributed by atoms with E-state index in [2.05, 4.69) is 4.74 Å². The molecule has 2 saturated carbocycles. The van der Waals surface area contributed by atoms with Gasteiger partial charge in [-0.2, -0.15) is 0 Å². The van der Waals surface area contributed by atoms with Crippen LogP contribution in [0.4, 0.5) is 0 Å². The van der Waals surface area contributed by atoms with E-state index < -0.39 is 17.8 Å². The van der Waals surface area contributed by atoms with Gasteiger partial charge in [0.25, 0.3) is 0 Å². The van der Waals surface area contributed by atoms with Crippen LogP contribution in [0.15, 0.2) is 0 Å². The quantitative estimate of drug-likeness (QED) is 0.563. The van der Waals surface area contributed by atoms with Gasteiger partial charge in [0.2, 0.25) is 0 Å². The van der Waals surface area contributed by atoms with E-state index in [1.165, 1.54) is 7.11 Å². The lowest BCUT2D eigenvalue weighted by Gasteiger charge is -2.29. The third-order valence-corrected chi connectivity index (χ3v) is 3.66. The lowest BCUT2D eigenvalue weighted by molar-refractivity contribution is -0.314. The highest BCUT2D eigenvalue weighted by atomic mass is 16.5. The topological polar surface area (TPSA) is 66.4 Å². The van der Waals surface area contributed by atoms with Crippen molar-refractivity contribution in [1.82, 2.24) is 0 Å². The minimum absolute atomic E-state index is 0.133. The number of ether oxygens (including phenoxy) is 1. The number of carboxylic acid groups (broad SMARTS) is 1. The zero-order valence-corrected chi connectivity index (χ0v) is 8.06. The second-order valence-corrected chi connectivity index (χ2v) is 4.23. The monoisotopic (exact) mass is 197 g/mol. The van der Waals surface area contributed by atoms with Gasteiger partial charge < -0.3 is 14.6 Å². The minimum atomic E-state index is -1.09. The van der Waals surface area contributed by atoms with Crippen LogP contribution >= 0.6 is 0 Å². The van der Waals surface area contributed by atoms with Gasteiger partial charge in [0.05, 0.1) is 13.0 Å². The Morgan fingerprint density at radius 2 is 1.79 bits per heavy atom. The maximum absolute atomic E-state index is 11.4. The van der Waals surface area contributed by atoms with Crippen molar-refractivity contribution < 1.29 is 19.4 Å². The van der Waals surface area contributed by atoms with Crippen LogP contribution in [0.3, 0.4) is 0 Å². The van der Waals surface area contributed by atoms with Crippen LogP contribution in [0.5, 0.6) is 0 Å². The first-order chi connectivity index (χ1) is 6.65. The fraction of sp³-hybridized carbons (Fsp3) is 0.800. The first-order valence-electron chi connectivity index (χ1n) is 4.94. The van der Waals surface area contributed by atoms with Crippen LogP contribution in [0, 0.1) is 23.7 Å². The van der Waals surface area contributed by atoms with Gasteiger partial charge in [-0.1, -0.05) is 0 Å². The Hall–Kier alpha value is -1.06. The smallest absolute Gasteiger partial charge is 0.309 e. The van der Waals surface area contributed by atoms with E-state index in [-0.39, 0.29) is 17.8 Å². The second kappa shape index (κ2) is 3.26. The van der Waals surface area contributed by atoms with Crippen molar-refractivity contribution in [2.24, 2.45) is 23.7 Å². The number of carboxylic acids is 1. The van der Waals surface area contributed by atoms with Crippen molar-refractivity contribution in [2.75, 3.05) is 7.11 Å². The number of methoxy groups -OCH3 is 1. The number of hydrogen-bond acceptors (Lipinski definition) is 4. The maximum Gasteiger partial charge on any atom is 0.309 e. The Bertz CT molecular complexity index is 273. The molecule has 2 aliphatic carbocycles. The summed E-state index contributed by atoms with van der Waals surface area (Å²) in [6, 6.07) is 0. The average molecular weight is 197 g/mol. The van der Waals surface area contributed by atoms with Crippen molar-refractivity contribution in [1.29, 1.82) is 0 Å². The van der Waals surface area contributed by atoms with Crippen LogP contribution < -0.4 is 5.11 Å². The molecular formula is C10H13O4-. The van der Waals surface area contributed by atoms with E-state index in [9.17, 15) is 14.7 Å². The number of rotatable bonds is 2. The summed E-state index contributed by atoms with van der Waals surface area (Å²) in [5.41, 5.74) is 0. The number of fused-ring (bicyclic) bond motifs is 2. The van der Waals surface area contributed by atoms with Gasteiger partial charge >= 0.3 is 5.97 Å². The Labute approximate surface area is 82.2 Å². The van der Waals surface area contributed by atoms with E-state index in [0.717, 1.165) is 19.3 Å². The van der Waals surface area contributed by atoms with E-state index in [1.54, 1.807) is 0 Å². The summed E-state index contributed by atoms with van der Waals surface area (Å²) >= 11 is 0. The lowest BCUT2D eigenvalue weighted by Crippen LogP contribution is -2.42. The normalized spacial score (nSPS) is 39.8. The third-order valence-electron chi connectivity index (χ3n) is 3.66. The fourth-order valence-electron chi connectivity index (χ4n) is 3.11. The van der Waals surface area contributed by atoms with E-state index in [1.807, 2.05) is 0 Å². The molecule has 2 fully saturated rings. The molecule has 78 valence electrons. The molecule has 2 rings (SSSR count). The highest BCUT2D eigenvalue weighted by Crippen LogP contribution is 2.52. The molecule has 2 bridgehead atoms. The van der Waals surface area contributed by atoms with Gasteiger partial charge in [-0.05, 0) is 31.1 Å². The molecule has 0 unspecified atom stereocenters. The van der Waals surface area contributed by atoms with E-state index in [0.29, 0.717) is 0 Å². The van der Waals surface area contributed by atoms with Gasteiger partial charge in [0, 0.05) is 11.9 Å². The van der Waals surface area contributed by atoms with Crippen LogP contribution in [-0.2, 0) is 14.3 Å². The molecule has 0 radical (unpaired) electrons. The molecule has 0 aliphatic heterocycles. The molecule has 4 heteroatoms. The van der Waals surface area contributed by atoms with Crippen molar-refractivity contribution >= 4 is 11.9 Å². The van der Waals surface area contributed by atoms with Crippen LogP contribution in [0.1, 0.15) is 19.3 Å². The number of carbonyl (C=O) groups excluding carboxylic acids is 2. The molecule has 4 nitrogen and oxygen atoms in total. The summed E-state index contributed by atoms with van der Waals surface area (Å²) in [5, 5.41) is 10.9. The molecule has 4 atom stereocenters. The number of esters is 1. The molecule has 2 aliphatic rings. The van der Waals surface area contributed by atoms with E-state index in [4.69, 9.17) is 0 Å². The first kappa shape index (κ1) is 9.49. The van der Waals surface area contributed by atoms with Crippen molar-refractivity contribution in [2.45, 2.75) is 19.3 Å². The SMILES string of the molecule is COC(=O)[C@@H]1[C@H]2CC[C@@H](C2)[C@@H]1C(=O)[O-]. The third kappa shape index (κ3) is 1.21. The summed E-state index contributed by atoms with van der Waals surface area (Å²) in [6.45, 7) is 0. The largest absolute Gasteiger partial charge is 0.550 e. The zero-order chi connectivity index (χ0) is 10.3. The second-order valence-electron chi connectivity index (χ2n) is 4.23. The predicted molar refractivity (Wildman–Crippen MR) is 44.8 cm³/mol. The highest BCUT2D eigenvalue weighted by Gasteiger charge is 2.51. The van der Waals surface area contributed by atoms with Gasteiger partial charge in [-0.25, -0.2) is 0 Å². The standard InChI is InChI=1S/C10H14O4/c1-14-10(13)8-6-3-2-5(4-6)7(8)9(11)12/h5-8H,2-4H2,1H3,(H,11,12)/p-1/t5-,6-,7-,8+/m0/s1. The molecule has 14 heavy (non-hydrogen) atoms. The molecule has 0 aromatic rings. The highest BCUT2D eigenvalue weighted by molar-refractivity contribution is 5.81. The van der Waals surface area contributed by atoms with Crippen LogP contribution in [-0.4, -0.2) is 19.0 Å². The summed E-state index contributed by atoms with van der Waals surface area (Å²) in [5.74, 6) is -2.20. The molecule has 0 aromatic carbocycles. The van der Waals surface area contributed by atoms with E-state index >= 15 is 0 Å². The predicted octanol–water partition coefficient (Wildman–Crippen LogP) is -0.428. The van der Waals surface area contributed by atoms with Gasteiger partial charge in [-0.15, -0.1) is 0 Å². The summed E-state index contributed by atoms with van der Waals surface area (Å²) < 4.78 is 4.64. The first-order valence-corrected chi connectivity index (χ1v) is 4.94. The lowest BCUT2D eigenvalue weighted by atomic mass is 9.79. The fourth-order valence-corrected chi connectivity index (χ4v) is 3.11. The zero-order valence-electron chi connectivity index (χ0n) is 8.06. The summed E-state index contributed by atoms with van der Waals surface area (Å²) in [4.78, 5) is 22.3. The number of hydrogen-bond donors (Lipinski definition) is 0. The van der Waals surface area contributed by atoms with Crippen molar-refractivity contribution in [3.05, 3.63) is 0 Å². The molecule has 0 spiro atoms. The molecule has 0 aromatic heterocycles. The van der Waals surface area contributed by atoms with Gasteiger partial charge in [0.15, 0.2) is 0 Å². The molecule has 0 saturated heterocycles. The Balaban J connectivity index is 2.21. The maximum atomic E-state index is 11.4. The van der Waals surface area contributed by atoms with Crippen molar-refractivity contribution in [3.8, 4) is 0 Å². The van der Waals surface area contributed by atoms with Gasteiger partial charge in [-0.3, -0.25) is 4.79 Å². The Morgan fingerprint density at radius 3 is 2.29 bits per heavy atom. The minimum Gasteiger partial charge on any atom is -0.550 e. The summed E-state index contributed by atoms with van der Waals surface area (Å²) in [6.07, 6.45) is 2.71. The van der Waals surface area contributed by atoms with Gasteiger partial charge in [0.1, 0.15) is 0 Å². The molecule has 0 amide bonds. The molecule has 0 N–H and O–H groups in total. The van der Waals surface area contributed by atoms with Crippen molar-refractivity contribution in [3.63, 3.8) is 0 Å². The molecular weight excluding hydrogens is 184 g/mol. The number of carbonyl (C=O) groups is 2. The Kier molecular flexibility index (Phi) is 2.21. The Morgan fingerprint density at radius 1 is 1.21 bits per heavy atom. The average Bonchev–Trinajstić information content (AvgIpc) is 2.74. The summed E-state index contributed by atoms with van der Waals surface area (Å²) in [7, 11) is 1.31. The molecule has 0 heterocycles. The number of aliphatic carboxylic acids is 1. The van der Waals surface area contributed by atoms with Crippen LogP contribution in [0.25, 0.3) is 0 Å².